The topological polar surface area (TPSA) is 56.6 Å². The Hall–Kier alpha value is -2.18. The Labute approximate surface area is 160 Å². The van der Waals surface area contributed by atoms with E-state index in [9.17, 15) is 4.79 Å². The number of aryl methyl sites for hydroxylation is 1. The molecule has 1 aromatic carbocycles. The van der Waals surface area contributed by atoms with E-state index in [1.165, 1.54) is 31.2 Å². The van der Waals surface area contributed by atoms with Gasteiger partial charge in [-0.1, -0.05) is 6.07 Å². The van der Waals surface area contributed by atoms with Gasteiger partial charge in [0.2, 0.25) is 0 Å². The van der Waals surface area contributed by atoms with E-state index >= 15 is 0 Å². The van der Waals surface area contributed by atoms with Crippen molar-refractivity contribution < 1.29 is 9.47 Å². The van der Waals surface area contributed by atoms with Gasteiger partial charge in [-0.25, -0.2) is 4.68 Å². The van der Waals surface area contributed by atoms with Gasteiger partial charge in [-0.15, -0.1) is 0 Å². The highest BCUT2D eigenvalue weighted by Crippen LogP contribution is 2.26. The fourth-order valence-corrected chi connectivity index (χ4v) is 3.63. The summed E-state index contributed by atoms with van der Waals surface area (Å²) in [5.41, 5.74) is 2.68. The predicted molar refractivity (Wildman–Crippen MR) is 106 cm³/mol. The Balaban J connectivity index is 1.58. The number of rotatable bonds is 8. The van der Waals surface area contributed by atoms with Gasteiger partial charge in [0.1, 0.15) is 12.5 Å². The molecule has 1 aliphatic rings. The van der Waals surface area contributed by atoms with Crippen LogP contribution in [0.1, 0.15) is 31.7 Å². The van der Waals surface area contributed by atoms with Crippen LogP contribution in [0, 0.1) is 6.92 Å². The van der Waals surface area contributed by atoms with Crippen LogP contribution >= 0.6 is 0 Å². The monoisotopic (exact) mass is 371 g/mol. The molecule has 2 heterocycles. The van der Waals surface area contributed by atoms with Crippen LogP contribution in [0.25, 0.3) is 11.1 Å². The Morgan fingerprint density at radius 2 is 2.15 bits per heavy atom. The average Bonchev–Trinajstić information content (AvgIpc) is 3.06. The number of ether oxygens (including phenoxy) is 2. The summed E-state index contributed by atoms with van der Waals surface area (Å²) >= 11 is 0. The van der Waals surface area contributed by atoms with Gasteiger partial charge in [-0.3, -0.25) is 4.79 Å². The standard InChI is InChI=1S/C21H29N3O3/c1-16-12-19(27-11-5-10-23-9-4-6-17(23)2)7-8-20(16)18-13-21(25)24(15-26-3)22-14-18/h7-8,12-14,17H,4-6,9-11,15H2,1-3H3. The second-order valence-electron chi connectivity index (χ2n) is 7.21. The largest absolute Gasteiger partial charge is 0.494 e. The van der Waals surface area contributed by atoms with Crippen molar-refractivity contribution in [3.63, 3.8) is 0 Å². The average molecular weight is 371 g/mol. The molecule has 0 amide bonds. The summed E-state index contributed by atoms with van der Waals surface area (Å²) < 4.78 is 12.2. The molecule has 1 saturated heterocycles. The second kappa shape index (κ2) is 9.15. The molecule has 6 heteroatoms. The molecule has 1 atom stereocenters. The smallest absolute Gasteiger partial charge is 0.269 e. The molecule has 1 fully saturated rings. The fraction of sp³-hybridized carbons (Fsp3) is 0.524. The van der Waals surface area contributed by atoms with Gasteiger partial charge in [0.05, 0.1) is 12.8 Å². The van der Waals surface area contributed by atoms with Gasteiger partial charge in [0, 0.05) is 31.3 Å². The van der Waals surface area contributed by atoms with Gasteiger partial charge in [-0.2, -0.15) is 5.10 Å². The van der Waals surface area contributed by atoms with E-state index in [0.717, 1.165) is 42.0 Å². The third kappa shape index (κ3) is 4.96. The minimum Gasteiger partial charge on any atom is -0.494 e. The molecule has 6 nitrogen and oxygen atoms in total. The van der Waals surface area contributed by atoms with E-state index in [1.54, 1.807) is 12.3 Å². The van der Waals surface area contributed by atoms with Crippen LogP contribution in [-0.4, -0.2) is 47.5 Å². The highest BCUT2D eigenvalue weighted by Gasteiger charge is 2.19. The van der Waals surface area contributed by atoms with Crippen molar-refractivity contribution in [1.82, 2.24) is 14.7 Å². The summed E-state index contributed by atoms with van der Waals surface area (Å²) in [6, 6.07) is 8.27. The van der Waals surface area contributed by atoms with Gasteiger partial charge in [0.25, 0.3) is 5.56 Å². The first kappa shape index (κ1) is 19.6. The third-order valence-electron chi connectivity index (χ3n) is 5.18. The molecule has 1 aliphatic heterocycles. The maximum atomic E-state index is 12.1. The van der Waals surface area contributed by atoms with Crippen LogP contribution in [0.15, 0.2) is 35.3 Å². The molecule has 0 N–H and O–H groups in total. The van der Waals surface area contributed by atoms with E-state index in [-0.39, 0.29) is 12.3 Å². The number of hydrogen-bond donors (Lipinski definition) is 0. The van der Waals surface area contributed by atoms with Crippen molar-refractivity contribution >= 4 is 0 Å². The quantitative estimate of drug-likeness (QED) is 0.668. The summed E-state index contributed by atoms with van der Waals surface area (Å²) in [5, 5.41) is 4.16. The first-order valence-electron chi connectivity index (χ1n) is 9.62. The van der Waals surface area contributed by atoms with Crippen LogP contribution in [0.2, 0.25) is 0 Å². The molecule has 2 aromatic rings. The summed E-state index contributed by atoms with van der Waals surface area (Å²) in [7, 11) is 1.54. The molecule has 0 saturated carbocycles. The number of hydrogen-bond acceptors (Lipinski definition) is 5. The number of aromatic nitrogens is 2. The molecule has 0 spiro atoms. The van der Waals surface area contributed by atoms with E-state index in [2.05, 4.69) is 16.9 Å². The van der Waals surface area contributed by atoms with E-state index in [1.807, 2.05) is 25.1 Å². The van der Waals surface area contributed by atoms with Crippen LogP contribution in [0.5, 0.6) is 5.75 Å². The number of methoxy groups -OCH3 is 1. The summed E-state index contributed by atoms with van der Waals surface area (Å²) in [6.07, 6.45) is 5.35. The summed E-state index contributed by atoms with van der Waals surface area (Å²) in [6.45, 7) is 7.51. The number of benzene rings is 1. The zero-order chi connectivity index (χ0) is 19.2. The zero-order valence-electron chi connectivity index (χ0n) is 16.5. The van der Waals surface area contributed by atoms with Gasteiger partial charge in [0.15, 0.2) is 0 Å². The van der Waals surface area contributed by atoms with Crippen molar-refractivity contribution in [2.45, 2.75) is 45.9 Å². The molecule has 0 aliphatic carbocycles. The fourth-order valence-electron chi connectivity index (χ4n) is 3.63. The molecular weight excluding hydrogens is 342 g/mol. The highest BCUT2D eigenvalue weighted by molar-refractivity contribution is 5.66. The molecule has 0 radical (unpaired) electrons. The highest BCUT2D eigenvalue weighted by atomic mass is 16.5. The summed E-state index contributed by atoms with van der Waals surface area (Å²) in [4.78, 5) is 14.6. The lowest BCUT2D eigenvalue weighted by molar-refractivity contribution is 0.116. The van der Waals surface area contributed by atoms with Crippen LogP contribution < -0.4 is 10.3 Å². The molecule has 3 rings (SSSR count). The first-order valence-corrected chi connectivity index (χ1v) is 9.62. The minimum absolute atomic E-state index is 0.154. The lowest BCUT2D eigenvalue weighted by Gasteiger charge is -2.20. The van der Waals surface area contributed by atoms with E-state index < -0.39 is 0 Å². The Morgan fingerprint density at radius 3 is 2.81 bits per heavy atom. The van der Waals surface area contributed by atoms with Crippen LogP contribution in [-0.2, 0) is 11.5 Å². The number of likely N-dealkylation sites (tertiary alicyclic amines) is 1. The van der Waals surface area contributed by atoms with Crippen molar-refractivity contribution in [2.75, 3.05) is 26.8 Å². The van der Waals surface area contributed by atoms with E-state index in [0.29, 0.717) is 6.04 Å². The van der Waals surface area contributed by atoms with Gasteiger partial charge >= 0.3 is 0 Å². The molecule has 146 valence electrons. The minimum atomic E-state index is -0.176. The zero-order valence-corrected chi connectivity index (χ0v) is 16.5. The third-order valence-corrected chi connectivity index (χ3v) is 5.18. The molecular formula is C21H29N3O3. The van der Waals surface area contributed by atoms with Crippen molar-refractivity contribution in [1.29, 1.82) is 0 Å². The Bertz CT molecular complexity index is 819. The second-order valence-corrected chi connectivity index (χ2v) is 7.21. The van der Waals surface area contributed by atoms with Gasteiger partial charge in [-0.05, 0) is 62.9 Å². The van der Waals surface area contributed by atoms with Crippen molar-refractivity contribution in [3.05, 3.63) is 46.4 Å². The maximum absolute atomic E-state index is 12.1. The normalized spacial score (nSPS) is 17.4. The Kier molecular flexibility index (Phi) is 6.63. The molecule has 1 unspecified atom stereocenters. The van der Waals surface area contributed by atoms with Crippen LogP contribution in [0.3, 0.4) is 0 Å². The summed E-state index contributed by atoms with van der Waals surface area (Å²) in [5.74, 6) is 0.867. The molecule has 27 heavy (non-hydrogen) atoms. The first-order chi connectivity index (χ1) is 13.1. The predicted octanol–water partition coefficient (Wildman–Crippen LogP) is 3.08. The molecule has 0 bridgehead atoms. The van der Waals surface area contributed by atoms with Crippen molar-refractivity contribution in [2.24, 2.45) is 0 Å². The van der Waals surface area contributed by atoms with E-state index in [4.69, 9.17) is 9.47 Å². The molecule has 1 aromatic heterocycles. The van der Waals surface area contributed by atoms with Gasteiger partial charge < -0.3 is 14.4 Å². The lowest BCUT2D eigenvalue weighted by Crippen LogP contribution is -2.28. The SMILES string of the molecule is COCn1ncc(-c2ccc(OCCCN3CCCC3C)cc2C)cc1=O. The Morgan fingerprint density at radius 1 is 1.30 bits per heavy atom. The van der Waals surface area contributed by atoms with Crippen LogP contribution in [0.4, 0.5) is 0 Å². The maximum Gasteiger partial charge on any atom is 0.269 e. The lowest BCUT2D eigenvalue weighted by atomic mass is 10.0. The number of nitrogens with zero attached hydrogens (tertiary/aromatic N) is 3. The van der Waals surface area contributed by atoms with Crippen molar-refractivity contribution in [3.8, 4) is 16.9 Å².